The molecule has 10 nitrogen and oxygen atoms in total. The SMILES string of the molecule is CC(=O)O[C@@]12CO[C@@H]1C[C@H](O[Si](C)(C)C(C)(C)C)[C@@]1(C)C(=O)[C@H](O)C3=C(C)[C@@H](O)C[C@@](O)([C@@H](OC(=O)c4ccccc4)C12)C3(C)C. The van der Waals surface area contributed by atoms with Crippen molar-refractivity contribution in [2.45, 2.75) is 128 Å². The largest absolute Gasteiger partial charge is 0.455 e. The number of hydrogen-bond acceptors (Lipinski definition) is 10. The van der Waals surface area contributed by atoms with Gasteiger partial charge < -0.3 is 34.0 Å². The molecule has 0 spiro atoms. The molecular weight excluding hydrogens is 608 g/mol. The summed E-state index contributed by atoms with van der Waals surface area (Å²) in [4.78, 5) is 41.9. The quantitative estimate of drug-likeness (QED) is 0.240. The smallest absolute Gasteiger partial charge is 0.338 e. The molecule has 3 N–H and O–H groups in total. The number of esters is 2. The minimum Gasteiger partial charge on any atom is -0.455 e. The van der Waals surface area contributed by atoms with E-state index in [1.807, 2.05) is 0 Å². The zero-order valence-corrected chi connectivity index (χ0v) is 29.7. The second-order valence-corrected chi connectivity index (χ2v) is 20.8. The molecule has 3 aliphatic carbocycles. The first-order chi connectivity index (χ1) is 21.1. The summed E-state index contributed by atoms with van der Waals surface area (Å²) in [6.07, 6.45) is -6.18. The Hall–Kier alpha value is -2.41. The van der Waals surface area contributed by atoms with Gasteiger partial charge in [-0.1, -0.05) is 52.8 Å². The summed E-state index contributed by atoms with van der Waals surface area (Å²) in [7, 11) is -2.61. The van der Waals surface area contributed by atoms with Crippen molar-refractivity contribution in [3.8, 4) is 0 Å². The van der Waals surface area contributed by atoms with Gasteiger partial charge in [-0.2, -0.15) is 0 Å². The van der Waals surface area contributed by atoms with Crippen LogP contribution in [0.4, 0.5) is 0 Å². The molecule has 2 saturated carbocycles. The van der Waals surface area contributed by atoms with Crippen LogP contribution in [0.3, 0.4) is 0 Å². The predicted octanol–water partition coefficient (Wildman–Crippen LogP) is 4.11. The fraction of sp³-hybridized carbons (Fsp3) is 0.686. The van der Waals surface area contributed by atoms with Gasteiger partial charge >= 0.3 is 11.9 Å². The summed E-state index contributed by atoms with van der Waals surface area (Å²) in [6, 6.07) is 8.30. The highest BCUT2D eigenvalue weighted by molar-refractivity contribution is 6.74. The van der Waals surface area contributed by atoms with Crippen LogP contribution in [-0.2, 0) is 28.2 Å². The van der Waals surface area contributed by atoms with E-state index in [0.29, 0.717) is 5.57 Å². The van der Waals surface area contributed by atoms with Crippen LogP contribution in [0.1, 0.15) is 78.6 Å². The summed E-state index contributed by atoms with van der Waals surface area (Å²) in [6.45, 7) is 18.2. The number of Topliss-reactive ketones (excluding diaryl/α,β-unsaturated/α-hetero) is 1. The van der Waals surface area contributed by atoms with Crippen LogP contribution >= 0.6 is 0 Å². The third kappa shape index (κ3) is 4.87. The molecule has 1 unspecified atom stereocenters. The summed E-state index contributed by atoms with van der Waals surface area (Å²) >= 11 is 0. The first kappa shape index (κ1) is 34.9. The van der Waals surface area contributed by atoms with Crippen LogP contribution in [0.2, 0.25) is 18.1 Å². The molecule has 254 valence electrons. The van der Waals surface area contributed by atoms with Crippen LogP contribution < -0.4 is 0 Å². The maximum atomic E-state index is 15.1. The number of rotatable bonds is 5. The van der Waals surface area contributed by atoms with Crippen molar-refractivity contribution in [1.82, 2.24) is 0 Å². The molecule has 0 amide bonds. The van der Waals surface area contributed by atoms with Gasteiger partial charge in [0.2, 0.25) is 0 Å². The molecule has 4 aliphatic rings. The van der Waals surface area contributed by atoms with Crippen molar-refractivity contribution in [1.29, 1.82) is 0 Å². The van der Waals surface area contributed by atoms with Crippen LogP contribution in [0.5, 0.6) is 0 Å². The molecule has 5 rings (SSSR count). The topological polar surface area (TPSA) is 149 Å². The molecule has 1 aromatic rings. The summed E-state index contributed by atoms with van der Waals surface area (Å²) < 4.78 is 25.6. The van der Waals surface area contributed by atoms with Crippen LogP contribution in [-0.4, -0.2) is 89.7 Å². The Morgan fingerprint density at radius 1 is 1.07 bits per heavy atom. The Balaban J connectivity index is 1.84. The maximum absolute atomic E-state index is 15.1. The fourth-order valence-electron chi connectivity index (χ4n) is 8.34. The zero-order valence-electron chi connectivity index (χ0n) is 28.7. The number of ether oxygens (including phenoxy) is 3. The minimum absolute atomic E-state index is 0.117. The Morgan fingerprint density at radius 2 is 1.67 bits per heavy atom. The third-order valence-electron chi connectivity index (χ3n) is 12.2. The van der Waals surface area contributed by atoms with E-state index >= 15 is 4.79 Å². The Labute approximate surface area is 272 Å². The van der Waals surface area contributed by atoms with E-state index in [0.717, 1.165) is 0 Å². The highest BCUT2D eigenvalue weighted by Crippen LogP contribution is 2.65. The highest BCUT2D eigenvalue weighted by atomic mass is 28.4. The fourth-order valence-corrected chi connectivity index (χ4v) is 9.75. The normalized spacial score (nSPS) is 38.8. The molecule has 1 heterocycles. The van der Waals surface area contributed by atoms with E-state index in [4.69, 9.17) is 18.6 Å². The Kier molecular flexibility index (Phi) is 8.40. The number of ketones is 1. The average Bonchev–Trinajstić information content (AvgIpc) is 2.94. The number of aliphatic hydroxyl groups is 3. The lowest BCUT2D eigenvalue weighted by atomic mass is 9.44. The van der Waals surface area contributed by atoms with E-state index in [9.17, 15) is 24.9 Å². The third-order valence-corrected chi connectivity index (χ3v) is 16.6. The van der Waals surface area contributed by atoms with Crippen molar-refractivity contribution in [3.63, 3.8) is 0 Å². The van der Waals surface area contributed by atoms with Gasteiger partial charge in [-0.15, -0.1) is 0 Å². The maximum Gasteiger partial charge on any atom is 0.338 e. The van der Waals surface area contributed by atoms with Gasteiger partial charge in [0.1, 0.15) is 23.9 Å². The monoisotopic (exact) mass is 658 g/mol. The van der Waals surface area contributed by atoms with Gasteiger partial charge in [0.05, 0.1) is 35.7 Å². The van der Waals surface area contributed by atoms with E-state index in [1.54, 1.807) is 58.0 Å². The lowest BCUT2D eigenvalue weighted by Crippen LogP contribution is -2.82. The number of fused-ring (bicyclic) bond motifs is 5. The van der Waals surface area contributed by atoms with Crippen LogP contribution in [0.25, 0.3) is 0 Å². The Morgan fingerprint density at radius 3 is 2.20 bits per heavy atom. The first-order valence-corrected chi connectivity index (χ1v) is 19.1. The van der Waals surface area contributed by atoms with E-state index in [2.05, 4.69) is 33.9 Å². The molecule has 11 heteroatoms. The van der Waals surface area contributed by atoms with Crippen molar-refractivity contribution >= 4 is 26.0 Å². The second-order valence-electron chi connectivity index (χ2n) is 16.0. The lowest BCUT2D eigenvalue weighted by Gasteiger charge is -2.68. The molecule has 1 saturated heterocycles. The molecule has 0 radical (unpaired) electrons. The predicted molar refractivity (Wildman–Crippen MR) is 171 cm³/mol. The molecule has 9 atom stereocenters. The van der Waals surface area contributed by atoms with Gasteiger partial charge in [0.25, 0.3) is 0 Å². The van der Waals surface area contributed by atoms with Crippen molar-refractivity contribution in [3.05, 3.63) is 47.0 Å². The lowest BCUT2D eigenvalue weighted by molar-refractivity contribution is -0.344. The molecule has 1 aliphatic heterocycles. The van der Waals surface area contributed by atoms with Crippen molar-refractivity contribution in [2.75, 3.05) is 6.61 Å². The van der Waals surface area contributed by atoms with Crippen LogP contribution in [0, 0.1) is 16.7 Å². The molecule has 0 aromatic heterocycles. The molecule has 46 heavy (non-hydrogen) atoms. The van der Waals surface area contributed by atoms with E-state index in [1.165, 1.54) is 6.92 Å². The van der Waals surface area contributed by atoms with Gasteiger partial charge in [0, 0.05) is 25.2 Å². The van der Waals surface area contributed by atoms with Crippen LogP contribution in [0.15, 0.2) is 41.5 Å². The number of benzene rings is 1. The zero-order chi connectivity index (χ0) is 34.4. The highest BCUT2D eigenvalue weighted by Gasteiger charge is 2.78. The molecule has 1 aromatic carbocycles. The molecule has 3 fully saturated rings. The van der Waals surface area contributed by atoms with Crippen molar-refractivity contribution < 1.29 is 48.3 Å². The average molecular weight is 659 g/mol. The second kappa shape index (κ2) is 11.1. The van der Waals surface area contributed by atoms with E-state index < -0.39 is 84.5 Å². The number of aliphatic hydroxyl groups excluding tert-OH is 2. The van der Waals surface area contributed by atoms with Gasteiger partial charge in [0.15, 0.2) is 19.7 Å². The standard InChI is InChI=1S/C35H50O10Si/c1-19-22(37)17-35(41)29(43-30(40)21-14-12-11-13-15-21)27-33(8,28(39)26(38)25(19)32(35,6)7)23(45-46(9,10)31(3,4)5)16-24-34(27,18-42-24)44-20(2)36/h11-15,22-24,26-27,29,37-38,41H,16-18H2,1-10H3/t22-,23-,24+,26+,27?,29-,33+,34-,35+/m0/s1. The number of carbonyl (C=O) groups excluding carboxylic acids is 3. The summed E-state index contributed by atoms with van der Waals surface area (Å²) in [5.74, 6) is -3.22. The Bertz CT molecular complexity index is 1450. The number of hydrogen-bond donors (Lipinski definition) is 3. The summed E-state index contributed by atoms with van der Waals surface area (Å²) in [5.41, 5.74) is -5.79. The minimum atomic E-state index is -2.61. The van der Waals surface area contributed by atoms with Gasteiger partial charge in [-0.25, -0.2) is 4.79 Å². The van der Waals surface area contributed by atoms with Gasteiger partial charge in [-0.05, 0) is 55.3 Å². The first-order valence-electron chi connectivity index (χ1n) is 16.1. The van der Waals surface area contributed by atoms with Crippen molar-refractivity contribution in [2.24, 2.45) is 16.7 Å². The molecule has 2 bridgehead atoms. The molecular formula is C35H50O10Si. The summed E-state index contributed by atoms with van der Waals surface area (Å²) in [5, 5.41) is 36.2. The van der Waals surface area contributed by atoms with E-state index in [-0.39, 0.29) is 35.6 Å². The number of carbonyl (C=O) groups is 3. The van der Waals surface area contributed by atoms with Gasteiger partial charge in [-0.3, -0.25) is 9.59 Å².